The number of piperidine rings is 1. The largest absolute Gasteiger partial charge is 0.339 e. The fourth-order valence-corrected chi connectivity index (χ4v) is 5.64. The molecule has 1 unspecified atom stereocenters. The van der Waals surface area contributed by atoms with Gasteiger partial charge in [0.25, 0.3) is 0 Å². The summed E-state index contributed by atoms with van der Waals surface area (Å²) >= 11 is 0. The van der Waals surface area contributed by atoms with Gasteiger partial charge in [-0.2, -0.15) is 9.29 Å². The number of carbonyl (C=O) groups is 1. The number of sulfonamides is 1. The molecule has 1 atom stereocenters. The van der Waals surface area contributed by atoms with Crippen molar-refractivity contribution in [1.82, 2.24) is 14.4 Å². The molecule has 8 nitrogen and oxygen atoms in total. The van der Waals surface area contributed by atoms with Crippen LogP contribution in [0.25, 0.3) is 11.4 Å². The van der Waals surface area contributed by atoms with Crippen LogP contribution in [0, 0.1) is 32.5 Å². The summed E-state index contributed by atoms with van der Waals surface area (Å²) in [7, 11) is -3.86. The first-order chi connectivity index (χ1) is 15.6. The van der Waals surface area contributed by atoms with E-state index in [0.29, 0.717) is 53.5 Å². The maximum atomic E-state index is 13.8. The monoisotopic (exact) mass is 472 g/mol. The third-order valence-corrected chi connectivity index (χ3v) is 7.79. The zero-order valence-electron chi connectivity index (χ0n) is 18.6. The van der Waals surface area contributed by atoms with Gasteiger partial charge in [0.2, 0.25) is 27.6 Å². The molecule has 0 spiro atoms. The molecule has 3 aromatic rings. The molecule has 33 heavy (non-hydrogen) atoms. The molecule has 2 aromatic carbocycles. The minimum atomic E-state index is -3.86. The minimum Gasteiger partial charge on any atom is -0.339 e. The highest BCUT2D eigenvalue weighted by molar-refractivity contribution is 7.89. The number of rotatable bonds is 5. The van der Waals surface area contributed by atoms with Gasteiger partial charge < -0.3 is 9.84 Å². The number of aromatic nitrogens is 2. The third-order valence-electron chi connectivity index (χ3n) is 5.79. The van der Waals surface area contributed by atoms with E-state index in [1.54, 1.807) is 45.0 Å². The van der Waals surface area contributed by atoms with Crippen LogP contribution < -0.4 is 5.32 Å². The number of nitrogens with zero attached hydrogens (tertiary/aromatic N) is 3. The lowest BCUT2D eigenvalue weighted by Gasteiger charge is -2.31. The van der Waals surface area contributed by atoms with Crippen LogP contribution in [0.3, 0.4) is 0 Å². The Bertz CT molecular complexity index is 1310. The molecule has 0 radical (unpaired) electrons. The SMILES string of the molecule is Cc1nc(-c2ccc(C)c(S(=O)(=O)N3CCCC(C(=O)Nc4ccc(C)c(F)c4)C3)c2)no1. The molecule has 0 aliphatic carbocycles. The lowest BCUT2D eigenvalue weighted by Crippen LogP contribution is -2.43. The fraction of sp³-hybridized carbons (Fsp3) is 0.348. The summed E-state index contributed by atoms with van der Waals surface area (Å²) in [4.78, 5) is 17.1. The van der Waals surface area contributed by atoms with Gasteiger partial charge in [0.05, 0.1) is 10.8 Å². The Balaban J connectivity index is 1.54. The Kier molecular flexibility index (Phi) is 6.31. The molecule has 1 aromatic heterocycles. The first-order valence-electron chi connectivity index (χ1n) is 10.6. The summed E-state index contributed by atoms with van der Waals surface area (Å²) in [6, 6.07) is 9.46. The molecule has 174 valence electrons. The van der Waals surface area contributed by atoms with Gasteiger partial charge in [-0.25, -0.2) is 12.8 Å². The van der Waals surface area contributed by atoms with Crippen molar-refractivity contribution in [3.63, 3.8) is 0 Å². The van der Waals surface area contributed by atoms with Crippen LogP contribution in [-0.2, 0) is 14.8 Å². The van der Waals surface area contributed by atoms with Crippen molar-refractivity contribution >= 4 is 21.6 Å². The zero-order chi connectivity index (χ0) is 23.8. The Morgan fingerprint density at radius 1 is 1.15 bits per heavy atom. The van der Waals surface area contributed by atoms with Gasteiger partial charge in [0.1, 0.15) is 5.82 Å². The van der Waals surface area contributed by atoms with E-state index in [1.807, 2.05) is 0 Å². The van der Waals surface area contributed by atoms with E-state index in [-0.39, 0.29) is 17.3 Å². The van der Waals surface area contributed by atoms with E-state index in [0.717, 1.165) is 0 Å². The second kappa shape index (κ2) is 9.03. The summed E-state index contributed by atoms with van der Waals surface area (Å²) < 4.78 is 47.1. The van der Waals surface area contributed by atoms with Crippen molar-refractivity contribution in [2.75, 3.05) is 18.4 Å². The van der Waals surface area contributed by atoms with Gasteiger partial charge in [0, 0.05) is 31.3 Å². The molecule has 4 rings (SSSR count). The summed E-state index contributed by atoms with van der Waals surface area (Å²) in [5.74, 6) is -0.585. The number of aryl methyl sites for hydroxylation is 3. The summed E-state index contributed by atoms with van der Waals surface area (Å²) in [6.45, 7) is 5.38. The summed E-state index contributed by atoms with van der Waals surface area (Å²) in [5, 5.41) is 6.57. The Hall–Kier alpha value is -3.11. The van der Waals surface area contributed by atoms with E-state index in [4.69, 9.17) is 4.52 Å². The van der Waals surface area contributed by atoms with E-state index in [1.165, 1.54) is 16.4 Å². The van der Waals surface area contributed by atoms with E-state index in [2.05, 4.69) is 15.5 Å². The molecule has 1 N–H and O–H groups in total. The maximum Gasteiger partial charge on any atom is 0.243 e. The van der Waals surface area contributed by atoms with Crippen molar-refractivity contribution in [2.45, 2.75) is 38.5 Å². The molecule has 1 amide bonds. The fourth-order valence-electron chi connectivity index (χ4n) is 3.86. The van der Waals surface area contributed by atoms with Crippen molar-refractivity contribution < 1.29 is 22.1 Å². The minimum absolute atomic E-state index is 0.0491. The Labute approximate surface area is 191 Å². The van der Waals surface area contributed by atoms with Crippen LogP contribution in [0.15, 0.2) is 45.8 Å². The van der Waals surface area contributed by atoms with E-state index < -0.39 is 21.8 Å². The first-order valence-corrected chi connectivity index (χ1v) is 12.1. The van der Waals surface area contributed by atoms with Crippen molar-refractivity contribution in [2.24, 2.45) is 5.92 Å². The number of halogens is 1. The van der Waals surface area contributed by atoms with E-state index in [9.17, 15) is 17.6 Å². The molecule has 10 heteroatoms. The predicted molar refractivity (Wildman–Crippen MR) is 120 cm³/mol. The first kappa shape index (κ1) is 23.1. The Morgan fingerprint density at radius 3 is 2.61 bits per heavy atom. The van der Waals surface area contributed by atoms with Crippen LogP contribution in [0.5, 0.6) is 0 Å². The average molecular weight is 473 g/mol. The zero-order valence-corrected chi connectivity index (χ0v) is 19.4. The predicted octanol–water partition coefficient (Wildman–Crippen LogP) is 3.84. The van der Waals surface area contributed by atoms with Crippen LogP contribution >= 0.6 is 0 Å². The molecule has 1 aliphatic rings. The number of amides is 1. The van der Waals surface area contributed by atoms with Crippen LogP contribution in [-0.4, -0.2) is 41.9 Å². The maximum absolute atomic E-state index is 13.8. The Morgan fingerprint density at radius 2 is 1.91 bits per heavy atom. The molecule has 1 aliphatic heterocycles. The van der Waals surface area contributed by atoms with Crippen molar-refractivity contribution in [1.29, 1.82) is 0 Å². The topological polar surface area (TPSA) is 105 Å². The quantitative estimate of drug-likeness (QED) is 0.605. The molecule has 1 saturated heterocycles. The molecule has 0 saturated carbocycles. The number of benzene rings is 2. The highest BCUT2D eigenvalue weighted by Crippen LogP contribution is 2.29. The second-order valence-corrected chi connectivity index (χ2v) is 10.2. The lowest BCUT2D eigenvalue weighted by atomic mass is 9.98. The summed E-state index contributed by atoms with van der Waals surface area (Å²) in [6.07, 6.45) is 1.09. The number of hydrogen-bond acceptors (Lipinski definition) is 6. The number of carbonyl (C=O) groups excluding carboxylic acids is 1. The van der Waals surface area contributed by atoms with E-state index >= 15 is 0 Å². The number of nitrogens with one attached hydrogen (secondary N) is 1. The number of anilines is 1. The van der Waals surface area contributed by atoms with Crippen LogP contribution in [0.1, 0.15) is 29.9 Å². The normalized spacial score (nSPS) is 17.2. The molecule has 2 heterocycles. The van der Waals surface area contributed by atoms with Crippen molar-refractivity contribution in [3.05, 3.63) is 59.2 Å². The summed E-state index contributed by atoms with van der Waals surface area (Å²) in [5.41, 5.74) is 1.95. The van der Waals surface area contributed by atoms with Gasteiger partial charge in [-0.05, 0) is 56.0 Å². The average Bonchev–Trinajstić information content (AvgIpc) is 3.23. The molecular weight excluding hydrogens is 447 g/mol. The van der Waals surface area contributed by atoms with Gasteiger partial charge in [0.15, 0.2) is 0 Å². The highest BCUT2D eigenvalue weighted by Gasteiger charge is 2.34. The molecule has 0 bridgehead atoms. The van der Waals surface area contributed by atoms with Gasteiger partial charge in [-0.3, -0.25) is 4.79 Å². The highest BCUT2D eigenvalue weighted by atomic mass is 32.2. The standard InChI is InChI=1S/C23H25FN4O4S/c1-14-7-9-19(12-20(14)24)26-23(29)18-5-4-10-28(13-18)33(30,31)21-11-17(8-6-15(21)2)22-25-16(3)32-27-22/h6-9,11-12,18H,4-5,10,13H2,1-3H3,(H,26,29). The number of hydrogen-bond donors (Lipinski definition) is 1. The van der Waals surface area contributed by atoms with Crippen LogP contribution in [0.2, 0.25) is 0 Å². The molecule has 1 fully saturated rings. The molecular formula is C23H25FN4O4S. The van der Waals surface area contributed by atoms with Crippen molar-refractivity contribution in [3.8, 4) is 11.4 Å². The second-order valence-electron chi connectivity index (χ2n) is 8.27. The third kappa shape index (κ3) is 4.81. The van der Waals surface area contributed by atoms with Gasteiger partial charge in [-0.15, -0.1) is 0 Å². The van der Waals surface area contributed by atoms with Gasteiger partial charge >= 0.3 is 0 Å². The van der Waals surface area contributed by atoms with Crippen LogP contribution in [0.4, 0.5) is 10.1 Å². The van der Waals surface area contributed by atoms with Gasteiger partial charge in [-0.1, -0.05) is 23.4 Å². The lowest BCUT2D eigenvalue weighted by molar-refractivity contribution is -0.120. The smallest absolute Gasteiger partial charge is 0.243 e.